The van der Waals surface area contributed by atoms with Crippen LogP contribution in [0.25, 0.3) is 0 Å². The van der Waals surface area contributed by atoms with Crippen LogP contribution in [0.5, 0.6) is 5.75 Å². The molecule has 1 nitrogen and oxygen atoms in total. The van der Waals surface area contributed by atoms with E-state index < -0.39 is 0 Å². The standard InChI is InChI=1S/C8H8FIO/c1-5-3-7(10)8(11-2)4-6(5)9/h3-4H,1-2H3. The van der Waals surface area contributed by atoms with Crippen LogP contribution in [-0.4, -0.2) is 7.11 Å². The van der Waals surface area contributed by atoms with Gasteiger partial charge in [0.2, 0.25) is 0 Å². The topological polar surface area (TPSA) is 9.23 Å². The Balaban J connectivity index is 3.21. The smallest absolute Gasteiger partial charge is 0.135 e. The third kappa shape index (κ3) is 1.83. The lowest BCUT2D eigenvalue weighted by atomic mass is 10.2. The van der Waals surface area contributed by atoms with Crippen LogP contribution in [0.2, 0.25) is 0 Å². The SMILES string of the molecule is COc1cc(F)c(C)cc1I. The molecule has 0 bridgehead atoms. The summed E-state index contributed by atoms with van der Waals surface area (Å²) in [5.41, 5.74) is 0.648. The molecule has 0 saturated carbocycles. The highest BCUT2D eigenvalue weighted by Gasteiger charge is 2.03. The van der Waals surface area contributed by atoms with Gasteiger partial charge in [-0.2, -0.15) is 0 Å². The fourth-order valence-electron chi connectivity index (χ4n) is 0.784. The van der Waals surface area contributed by atoms with Gasteiger partial charge in [-0.25, -0.2) is 4.39 Å². The second kappa shape index (κ2) is 3.38. The molecule has 0 N–H and O–H groups in total. The third-order valence-electron chi connectivity index (χ3n) is 1.43. The van der Waals surface area contributed by atoms with E-state index in [1.807, 2.05) is 0 Å². The molecule has 0 unspecified atom stereocenters. The minimum atomic E-state index is -0.220. The molecule has 1 rings (SSSR count). The maximum atomic E-state index is 12.9. The first kappa shape index (κ1) is 8.77. The minimum Gasteiger partial charge on any atom is -0.496 e. The lowest BCUT2D eigenvalue weighted by molar-refractivity contribution is 0.408. The molecule has 0 spiro atoms. The maximum Gasteiger partial charge on any atom is 0.135 e. The summed E-state index contributed by atoms with van der Waals surface area (Å²) in [5.74, 6) is 0.371. The normalized spacial score (nSPS) is 9.82. The summed E-state index contributed by atoms with van der Waals surface area (Å²) < 4.78 is 18.7. The third-order valence-corrected chi connectivity index (χ3v) is 2.28. The second-order valence-corrected chi connectivity index (χ2v) is 3.40. The van der Waals surface area contributed by atoms with Crippen molar-refractivity contribution in [2.24, 2.45) is 0 Å². The first-order valence-corrected chi connectivity index (χ1v) is 4.22. The van der Waals surface area contributed by atoms with Crippen LogP contribution in [0.15, 0.2) is 12.1 Å². The molecule has 60 valence electrons. The number of halogens is 2. The summed E-state index contributed by atoms with van der Waals surface area (Å²) in [7, 11) is 1.53. The molecular weight excluding hydrogens is 258 g/mol. The molecule has 0 heterocycles. The van der Waals surface area contributed by atoms with Crippen molar-refractivity contribution in [2.45, 2.75) is 6.92 Å². The van der Waals surface area contributed by atoms with Crippen molar-refractivity contribution in [1.29, 1.82) is 0 Å². The van der Waals surface area contributed by atoms with Crippen LogP contribution >= 0.6 is 22.6 Å². The fraction of sp³-hybridized carbons (Fsp3) is 0.250. The average Bonchev–Trinajstić information content (AvgIpc) is 1.97. The fourth-order valence-corrected chi connectivity index (χ4v) is 1.63. The molecule has 11 heavy (non-hydrogen) atoms. The number of hydrogen-bond acceptors (Lipinski definition) is 1. The van der Waals surface area contributed by atoms with Crippen molar-refractivity contribution in [1.82, 2.24) is 0 Å². The van der Waals surface area contributed by atoms with Crippen LogP contribution in [-0.2, 0) is 0 Å². The van der Waals surface area contributed by atoms with Gasteiger partial charge in [0.25, 0.3) is 0 Å². The molecule has 3 heteroatoms. The summed E-state index contributed by atoms with van der Waals surface area (Å²) >= 11 is 2.11. The van der Waals surface area contributed by atoms with Crippen molar-refractivity contribution >= 4 is 22.6 Å². The zero-order chi connectivity index (χ0) is 8.43. The Bertz CT molecular complexity index is 273. The highest BCUT2D eigenvalue weighted by Crippen LogP contribution is 2.23. The molecule has 0 saturated heterocycles. The highest BCUT2D eigenvalue weighted by atomic mass is 127. The number of rotatable bonds is 1. The Morgan fingerprint density at radius 3 is 2.64 bits per heavy atom. The lowest BCUT2D eigenvalue weighted by Crippen LogP contribution is -1.90. The predicted octanol–water partition coefficient (Wildman–Crippen LogP) is 2.75. The number of aryl methyl sites for hydroxylation is 1. The van der Waals surface area contributed by atoms with Gasteiger partial charge in [0.05, 0.1) is 10.7 Å². The van der Waals surface area contributed by atoms with Gasteiger partial charge >= 0.3 is 0 Å². The summed E-state index contributed by atoms with van der Waals surface area (Å²) in [6.45, 7) is 1.73. The van der Waals surface area contributed by atoms with E-state index in [9.17, 15) is 4.39 Å². The van der Waals surface area contributed by atoms with Gasteiger partial charge in [-0.15, -0.1) is 0 Å². The van der Waals surface area contributed by atoms with Gasteiger partial charge in [-0.05, 0) is 41.1 Å². The molecule has 0 aliphatic carbocycles. The zero-order valence-electron chi connectivity index (χ0n) is 6.32. The molecule has 1 aromatic carbocycles. The van der Waals surface area contributed by atoms with Crippen molar-refractivity contribution in [2.75, 3.05) is 7.11 Å². The zero-order valence-corrected chi connectivity index (χ0v) is 8.48. The Morgan fingerprint density at radius 1 is 1.45 bits per heavy atom. The second-order valence-electron chi connectivity index (χ2n) is 2.24. The Morgan fingerprint density at radius 2 is 2.09 bits per heavy atom. The van der Waals surface area contributed by atoms with Gasteiger partial charge in [-0.1, -0.05) is 0 Å². The van der Waals surface area contributed by atoms with E-state index in [1.165, 1.54) is 13.2 Å². The molecule has 0 atom stereocenters. The van der Waals surface area contributed by atoms with Gasteiger partial charge in [-0.3, -0.25) is 0 Å². The quantitative estimate of drug-likeness (QED) is 0.710. The summed E-state index contributed by atoms with van der Waals surface area (Å²) in [6.07, 6.45) is 0. The van der Waals surface area contributed by atoms with Crippen LogP contribution in [0.3, 0.4) is 0 Å². The largest absolute Gasteiger partial charge is 0.496 e. The molecule has 1 aromatic rings. The average molecular weight is 266 g/mol. The predicted molar refractivity (Wildman–Crippen MR) is 50.4 cm³/mol. The number of ether oxygens (including phenoxy) is 1. The summed E-state index contributed by atoms with van der Waals surface area (Å²) in [4.78, 5) is 0. The lowest BCUT2D eigenvalue weighted by Gasteiger charge is -2.04. The highest BCUT2D eigenvalue weighted by molar-refractivity contribution is 14.1. The summed E-state index contributed by atoms with van der Waals surface area (Å²) in [5, 5.41) is 0. The molecule has 0 fully saturated rings. The van der Waals surface area contributed by atoms with Gasteiger partial charge in [0.1, 0.15) is 11.6 Å². The van der Waals surface area contributed by atoms with Crippen molar-refractivity contribution in [3.63, 3.8) is 0 Å². The van der Waals surface area contributed by atoms with Crippen molar-refractivity contribution in [3.05, 3.63) is 27.1 Å². The van der Waals surface area contributed by atoms with Gasteiger partial charge in [0.15, 0.2) is 0 Å². The molecule has 0 aliphatic rings. The molecule has 0 radical (unpaired) electrons. The van der Waals surface area contributed by atoms with Gasteiger partial charge in [0, 0.05) is 6.07 Å². The number of hydrogen-bond donors (Lipinski definition) is 0. The number of benzene rings is 1. The van der Waals surface area contributed by atoms with Crippen molar-refractivity contribution in [3.8, 4) is 5.75 Å². The van der Waals surface area contributed by atoms with E-state index in [0.29, 0.717) is 11.3 Å². The number of methoxy groups -OCH3 is 1. The molecule has 0 aliphatic heterocycles. The van der Waals surface area contributed by atoms with E-state index in [1.54, 1.807) is 13.0 Å². The molecular formula is C8H8FIO. The monoisotopic (exact) mass is 266 g/mol. The van der Waals surface area contributed by atoms with E-state index in [-0.39, 0.29) is 5.82 Å². The van der Waals surface area contributed by atoms with Crippen LogP contribution in [0.4, 0.5) is 4.39 Å². The van der Waals surface area contributed by atoms with E-state index >= 15 is 0 Å². The summed E-state index contributed by atoms with van der Waals surface area (Å²) in [6, 6.07) is 3.16. The van der Waals surface area contributed by atoms with Crippen molar-refractivity contribution < 1.29 is 9.13 Å². The van der Waals surface area contributed by atoms with Crippen LogP contribution in [0, 0.1) is 16.3 Å². The van der Waals surface area contributed by atoms with Crippen LogP contribution in [0.1, 0.15) is 5.56 Å². The van der Waals surface area contributed by atoms with Gasteiger partial charge < -0.3 is 4.74 Å². The Hall–Kier alpha value is -0.320. The molecule has 0 amide bonds. The minimum absolute atomic E-state index is 0.220. The van der Waals surface area contributed by atoms with E-state index in [2.05, 4.69) is 22.6 Å². The first-order valence-electron chi connectivity index (χ1n) is 3.15. The van der Waals surface area contributed by atoms with E-state index in [0.717, 1.165) is 3.57 Å². The Kier molecular flexibility index (Phi) is 2.70. The first-order chi connectivity index (χ1) is 5.15. The Labute approximate surface area is 78.7 Å². The van der Waals surface area contributed by atoms with E-state index in [4.69, 9.17) is 4.74 Å². The maximum absolute atomic E-state index is 12.9. The van der Waals surface area contributed by atoms with Crippen LogP contribution < -0.4 is 4.74 Å². The molecule has 0 aromatic heterocycles.